The first kappa shape index (κ1) is 13.1. The molecule has 2 rings (SSSR count). The number of hydrogen-bond acceptors (Lipinski definition) is 7. The molecule has 1 unspecified atom stereocenters. The average molecular weight is 267 g/mol. The first-order valence-electron chi connectivity index (χ1n) is 5.83. The number of hydrogen-bond donors (Lipinski definition) is 2. The third-order valence-corrected chi connectivity index (χ3v) is 2.53. The standard InChI is InChI=1S/C11H13N3O5/c1-2-18-10(17)7-5-19-11(13-7)12-6-3-4-8(15)14-9(6)16/h5-6H,2-4H2,1H3,(H,12,13)(H,14,15,16). The van der Waals surface area contributed by atoms with Crippen LogP contribution >= 0.6 is 0 Å². The van der Waals surface area contributed by atoms with E-state index in [2.05, 4.69) is 15.6 Å². The highest BCUT2D eigenvalue weighted by atomic mass is 16.5. The molecule has 1 aromatic heterocycles. The Morgan fingerprint density at radius 3 is 3.11 bits per heavy atom. The van der Waals surface area contributed by atoms with Gasteiger partial charge in [0.2, 0.25) is 11.8 Å². The zero-order valence-corrected chi connectivity index (χ0v) is 10.3. The van der Waals surface area contributed by atoms with Gasteiger partial charge in [0.1, 0.15) is 12.3 Å². The number of oxazole rings is 1. The Balaban J connectivity index is 1.98. The van der Waals surface area contributed by atoms with E-state index in [0.717, 1.165) is 6.26 Å². The van der Waals surface area contributed by atoms with Crippen molar-refractivity contribution in [2.24, 2.45) is 0 Å². The average Bonchev–Trinajstić information content (AvgIpc) is 2.82. The minimum Gasteiger partial charge on any atom is -0.461 e. The van der Waals surface area contributed by atoms with Crippen molar-refractivity contribution in [2.75, 3.05) is 11.9 Å². The lowest BCUT2D eigenvalue weighted by Gasteiger charge is -2.20. The maximum atomic E-state index is 11.5. The van der Waals surface area contributed by atoms with Crippen LogP contribution in [0.4, 0.5) is 6.01 Å². The monoisotopic (exact) mass is 267 g/mol. The van der Waals surface area contributed by atoms with Crippen molar-refractivity contribution in [3.05, 3.63) is 12.0 Å². The van der Waals surface area contributed by atoms with Crippen LogP contribution in [0.2, 0.25) is 0 Å². The van der Waals surface area contributed by atoms with Crippen molar-refractivity contribution in [1.29, 1.82) is 0 Å². The van der Waals surface area contributed by atoms with Gasteiger partial charge in [-0.2, -0.15) is 4.98 Å². The fourth-order valence-corrected chi connectivity index (χ4v) is 1.62. The van der Waals surface area contributed by atoms with Gasteiger partial charge in [0, 0.05) is 6.42 Å². The highest BCUT2D eigenvalue weighted by Crippen LogP contribution is 2.14. The quantitative estimate of drug-likeness (QED) is 0.586. The van der Waals surface area contributed by atoms with Gasteiger partial charge in [0.25, 0.3) is 6.01 Å². The van der Waals surface area contributed by atoms with Gasteiger partial charge >= 0.3 is 5.97 Å². The van der Waals surface area contributed by atoms with Crippen molar-refractivity contribution in [3.63, 3.8) is 0 Å². The largest absolute Gasteiger partial charge is 0.461 e. The summed E-state index contributed by atoms with van der Waals surface area (Å²) in [7, 11) is 0. The molecule has 2 N–H and O–H groups in total. The van der Waals surface area contributed by atoms with Crippen LogP contribution < -0.4 is 10.6 Å². The molecule has 102 valence electrons. The zero-order valence-electron chi connectivity index (χ0n) is 10.3. The summed E-state index contributed by atoms with van der Waals surface area (Å²) in [5, 5.41) is 4.92. The Hall–Kier alpha value is -2.38. The molecule has 0 spiro atoms. The van der Waals surface area contributed by atoms with E-state index < -0.39 is 17.9 Å². The predicted octanol–water partition coefficient (Wildman–Crippen LogP) is 0.0684. The molecule has 1 aliphatic heterocycles. The number of ether oxygens (including phenoxy) is 1. The summed E-state index contributed by atoms with van der Waals surface area (Å²) < 4.78 is 9.78. The number of imide groups is 1. The number of esters is 1. The second-order valence-electron chi connectivity index (χ2n) is 3.91. The van der Waals surface area contributed by atoms with Crippen molar-refractivity contribution in [2.45, 2.75) is 25.8 Å². The number of rotatable bonds is 4. The first-order valence-corrected chi connectivity index (χ1v) is 5.83. The lowest BCUT2D eigenvalue weighted by molar-refractivity contribution is -0.133. The molecule has 1 atom stereocenters. The lowest BCUT2D eigenvalue weighted by atomic mass is 10.1. The number of nitrogens with one attached hydrogen (secondary N) is 2. The molecule has 0 bridgehead atoms. The molecule has 8 heteroatoms. The minimum absolute atomic E-state index is 0.0247. The van der Waals surface area contributed by atoms with E-state index >= 15 is 0 Å². The van der Waals surface area contributed by atoms with Crippen LogP contribution in [0.25, 0.3) is 0 Å². The van der Waals surface area contributed by atoms with Gasteiger partial charge in [-0.25, -0.2) is 4.79 Å². The van der Waals surface area contributed by atoms with Gasteiger partial charge in [-0.1, -0.05) is 0 Å². The zero-order chi connectivity index (χ0) is 13.8. The molecule has 1 fully saturated rings. The molecule has 0 radical (unpaired) electrons. The molecule has 0 aliphatic carbocycles. The Bertz CT molecular complexity index is 510. The molecule has 19 heavy (non-hydrogen) atoms. The third-order valence-electron chi connectivity index (χ3n) is 2.53. The van der Waals surface area contributed by atoms with Crippen LogP contribution in [-0.2, 0) is 14.3 Å². The summed E-state index contributed by atoms with van der Waals surface area (Å²) in [5.41, 5.74) is 0.0247. The molecular formula is C11H13N3O5. The molecule has 0 saturated carbocycles. The van der Waals surface area contributed by atoms with Gasteiger partial charge in [0.15, 0.2) is 5.69 Å². The van der Waals surface area contributed by atoms with Crippen LogP contribution in [0, 0.1) is 0 Å². The number of anilines is 1. The van der Waals surface area contributed by atoms with Crippen molar-refractivity contribution in [3.8, 4) is 0 Å². The Morgan fingerprint density at radius 1 is 1.63 bits per heavy atom. The predicted molar refractivity (Wildman–Crippen MR) is 62.3 cm³/mol. The van der Waals surface area contributed by atoms with E-state index in [1.165, 1.54) is 0 Å². The van der Waals surface area contributed by atoms with Crippen LogP contribution in [-0.4, -0.2) is 35.4 Å². The van der Waals surface area contributed by atoms with Crippen molar-refractivity contribution >= 4 is 23.8 Å². The smallest absolute Gasteiger partial charge is 0.360 e. The van der Waals surface area contributed by atoms with E-state index in [9.17, 15) is 14.4 Å². The van der Waals surface area contributed by atoms with E-state index in [0.29, 0.717) is 6.42 Å². The van der Waals surface area contributed by atoms with Gasteiger partial charge in [-0.15, -0.1) is 0 Å². The maximum Gasteiger partial charge on any atom is 0.360 e. The number of amides is 2. The Labute approximate surface area is 108 Å². The number of aromatic nitrogens is 1. The summed E-state index contributed by atoms with van der Waals surface area (Å²) in [6, 6.07) is -0.566. The Kier molecular flexibility index (Phi) is 3.79. The van der Waals surface area contributed by atoms with Crippen molar-refractivity contribution < 1.29 is 23.5 Å². The van der Waals surface area contributed by atoms with E-state index in [1.807, 2.05) is 0 Å². The molecule has 0 aromatic carbocycles. The number of carbonyl (C=O) groups excluding carboxylic acids is 3. The topological polar surface area (TPSA) is 111 Å². The summed E-state index contributed by atoms with van der Waals surface area (Å²) in [6.45, 7) is 1.92. The fraction of sp³-hybridized carbons (Fsp3) is 0.455. The molecule has 2 heterocycles. The highest BCUT2D eigenvalue weighted by Gasteiger charge is 2.27. The fourth-order valence-electron chi connectivity index (χ4n) is 1.62. The van der Waals surface area contributed by atoms with E-state index in [-0.39, 0.29) is 30.6 Å². The highest BCUT2D eigenvalue weighted by molar-refractivity contribution is 6.01. The summed E-state index contributed by atoms with van der Waals surface area (Å²) >= 11 is 0. The van der Waals surface area contributed by atoms with Crippen molar-refractivity contribution in [1.82, 2.24) is 10.3 Å². The Morgan fingerprint density at radius 2 is 2.42 bits per heavy atom. The molecule has 1 aromatic rings. The molecular weight excluding hydrogens is 254 g/mol. The van der Waals surface area contributed by atoms with Crippen LogP contribution in [0.5, 0.6) is 0 Å². The first-order chi connectivity index (χ1) is 9.10. The van der Waals surface area contributed by atoms with Crippen LogP contribution in [0.1, 0.15) is 30.3 Å². The van der Waals surface area contributed by atoms with E-state index in [4.69, 9.17) is 9.15 Å². The number of nitrogens with zero attached hydrogens (tertiary/aromatic N) is 1. The molecule has 2 amide bonds. The van der Waals surface area contributed by atoms with Gasteiger partial charge < -0.3 is 14.5 Å². The summed E-state index contributed by atoms with van der Waals surface area (Å²) in [5.74, 6) is -1.34. The van der Waals surface area contributed by atoms with Crippen LogP contribution in [0.15, 0.2) is 10.7 Å². The second-order valence-corrected chi connectivity index (χ2v) is 3.91. The number of carbonyl (C=O) groups is 3. The molecule has 1 aliphatic rings. The van der Waals surface area contributed by atoms with E-state index in [1.54, 1.807) is 6.92 Å². The van der Waals surface area contributed by atoms with Gasteiger partial charge in [-0.3, -0.25) is 14.9 Å². The molecule has 1 saturated heterocycles. The minimum atomic E-state index is -0.605. The normalized spacial score (nSPS) is 18.9. The summed E-state index contributed by atoms with van der Waals surface area (Å²) in [4.78, 5) is 37.7. The SMILES string of the molecule is CCOC(=O)c1coc(NC2CCC(=O)NC2=O)n1. The van der Waals surface area contributed by atoms with Gasteiger partial charge in [-0.05, 0) is 13.3 Å². The lowest BCUT2D eigenvalue weighted by Crippen LogP contribution is -2.47. The van der Waals surface area contributed by atoms with Crippen LogP contribution in [0.3, 0.4) is 0 Å². The third kappa shape index (κ3) is 3.09. The molecule has 8 nitrogen and oxygen atoms in total. The maximum absolute atomic E-state index is 11.5. The number of piperidine rings is 1. The van der Waals surface area contributed by atoms with Gasteiger partial charge in [0.05, 0.1) is 6.61 Å². The second kappa shape index (κ2) is 5.51. The summed E-state index contributed by atoms with van der Waals surface area (Å²) in [6.07, 6.45) is 1.74.